The number of hydrogen-bond donors (Lipinski definition) is 0. The first-order valence-corrected chi connectivity index (χ1v) is 13.0. The lowest BCUT2D eigenvalue weighted by Crippen LogP contribution is -2.37. The number of amides is 2. The van der Waals surface area contributed by atoms with Crippen molar-refractivity contribution in [1.29, 1.82) is 0 Å². The van der Waals surface area contributed by atoms with Crippen LogP contribution in [0.15, 0.2) is 78.9 Å². The Hall–Kier alpha value is -3.64. The molecule has 3 aromatic rings. The summed E-state index contributed by atoms with van der Waals surface area (Å²) in [4.78, 5) is 34.9. The number of carbonyl (C=O) groups is 2. The van der Waals surface area contributed by atoms with Gasteiger partial charge in [-0.1, -0.05) is 76.6 Å². The molecule has 3 aromatic carbocycles. The fourth-order valence-corrected chi connectivity index (χ4v) is 5.01. The van der Waals surface area contributed by atoms with Crippen LogP contribution in [-0.2, 0) is 19.8 Å². The first-order valence-electron chi connectivity index (χ1n) is 13.0. The highest BCUT2D eigenvalue weighted by Crippen LogP contribution is 2.47. The van der Waals surface area contributed by atoms with Crippen LogP contribution in [-0.4, -0.2) is 24.5 Å². The molecule has 2 aliphatic heterocycles. The van der Waals surface area contributed by atoms with Gasteiger partial charge in [0.05, 0.1) is 24.0 Å². The van der Waals surface area contributed by atoms with Crippen LogP contribution in [0.2, 0.25) is 0 Å². The number of hydroxylamine groups is 1. The number of ether oxygens (including phenoxy) is 1. The zero-order valence-electron chi connectivity index (χ0n) is 21.9. The zero-order chi connectivity index (χ0) is 26.2. The number of imide groups is 1. The van der Waals surface area contributed by atoms with Crippen molar-refractivity contribution in [1.82, 2.24) is 0 Å². The summed E-state index contributed by atoms with van der Waals surface area (Å²) in [6.07, 6.45) is 1.14. The topological polar surface area (TPSA) is 59.1 Å². The lowest BCUT2D eigenvalue weighted by atomic mass is 9.84. The predicted molar refractivity (Wildman–Crippen MR) is 145 cm³/mol. The van der Waals surface area contributed by atoms with Gasteiger partial charge in [0.25, 0.3) is 5.91 Å². The van der Waals surface area contributed by atoms with Crippen LogP contribution in [0.25, 0.3) is 0 Å². The fraction of sp³-hybridized carbons (Fsp3) is 0.355. The molecule has 0 unspecified atom stereocenters. The van der Waals surface area contributed by atoms with E-state index in [1.807, 2.05) is 30.3 Å². The summed E-state index contributed by atoms with van der Waals surface area (Å²) in [7, 11) is 0. The van der Waals surface area contributed by atoms with Gasteiger partial charge in [-0.15, -0.1) is 0 Å². The van der Waals surface area contributed by atoms with Crippen LogP contribution in [0.1, 0.15) is 57.7 Å². The minimum absolute atomic E-state index is 0.00865. The van der Waals surface area contributed by atoms with E-state index in [4.69, 9.17) is 9.57 Å². The van der Waals surface area contributed by atoms with E-state index in [-0.39, 0.29) is 17.2 Å². The first kappa shape index (κ1) is 25.0. The predicted octanol–water partition coefficient (Wildman–Crippen LogP) is 6.21. The number of hydrogen-bond acceptors (Lipinski definition) is 5. The van der Waals surface area contributed by atoms with Gasteiger partial charge in [-0.25, -0.2) is 9.96 Å². The Balaban J connectivity index is 1.47. The van der Waals surface area contributed by atoms with Gasteiger partial charge in [-0.05, 0) is 59.4 Å². The molecule has 2 fully saturated rings. The Morgan fingerprint density at radius 2 is 1.51 bits per heavy atom. The van der Waals surface area contributed by atoms with E-state index in [2.05, 4.69) is 52.0 Å². The highest BCUT2D eigenvalue weighted by Gasteiger charge is 2.60. The minimum atomic E-state index is -0.888. The third kappa shape index (κ3) is 4.74. The Kier molecular flexibility index (Phi) is 6.78. The van der Waals surface area contributed by atoms with Crippen LogP contribution in [0.5, 0.6) is 5.75 Å². The molecule has 0 N–H and O–H groups in total. The largest absolute Gasteiger partial charge is 0.494 e. The number of rotatable bonds is 7. The van der Waals surface area contributed by atoms with Gasteiger partial charge < -0.3 is 4.74 Å². The third-order valence-electron chi connectivity index (χ3n) is 7.11. The third-order valence-corrected chi connectivity index (χ3v) is 7.11. The van der Waals surface area contributed by atoms with E-state index in [1.165, 1.54) is 10.5 Å². The van der Waals surface area contributed by atoms with Gasteiger partial charge in [-0.2, -0.15) is 0 Å². The summed E-state index contributed by atoms with van der Waals surface area (Å²) in [5, 5.41) is 1.74. The maximum Gasteiger partial charge on any atom is 0.266 e. The average molecular weight is 499 g/mol. The lowest BCUT2D eigenvalue weighted by Gasteiger charge is -2.29. The SMILES string of the molecule is CCCCOc1ccc(N2C(=O)[C@H]3[C@@H](ON(c4ccccc4)[C@H]3c3ccc(C(C)(C)C)cc3)C2=O)cc1. The van der Waals surface area contributed by atoms with E-state index >= 15 is 0 Å². The fourth-order valence-electron chi connectivity index (χ4n) is 5.01. The minimum Gasteiger partial charge on any atom is -0.494 e. The molecule has 0 bridgehead atoms. The second-order valence-electron chi connectivity index (χ2n) is 10.7. The second kappa shape index (κ2) is 10.0. The molecule has 6 nitrogen and oxygen atoms in total. The zero-order valence-corrected chi connectivity index (χ0v) is 21.9. The number of para-hydroxylation sites is 1. The van der Waals surface area contributed by atoms with E-state index in [1.54, 1.807) is 29.3 Å². The summed E-state index contributed by atoms with van der Waals surface area (Å²) < 4.78 is 5.74. The van der Waals surface area contributed by atoms with Gasteiger partial charge in [0.1, 0.15) is 11.7 Å². The summed E-state index contributed by atoms with van der Waals surface area (Å²) in [6.45, 7) is 9.26. The molecular formula is C31H34N2O4. The van der Waals surface area contributed by atoms with Crippen molar-refractivity contribution in [2.75, 3.05) is 16.6 Å². The number of benzene rings is 3. The van der Waals surface area contributed by atoms with Crippen molar-refractivity contribution >= 4 is 23.2 Å². The molecule has 3 atom stereocenters. The molecule has 0 aliphatic carbocycles. The molecule has 0 spiro atoms. The molecule has 2 heterocycles. The van der Waals surface area contributed by atoms with E-state index in [9.17, 15) is 9.59 Å². The van der Waals surface area contributed by atoms with Gasteiger partial charge in [0.15, 0.2) is 6.10 Å². The van der Waals surface area contributed by atoms with Crippen LogP contribution >= 0.6 is 0 Å². The number of fused-ring (bicyclic) bond motifs is 1. The molecule has 5 rings (SSSR count). The van der Waals surface area contributed by atoms with Gasteiger partial charge in [-0.3, -0.25) is 14.4 Å². The van der Waals surface area contributed by atoms with Gasteiger partial charge in [0, 0.05) is 0 Å². The van der Waals surface area contributed by atoms with Crippen molar-refractivity contribution in [3.05, 3.63) is 90.0 Å². The van der Waals surface area contributed by atoms with E-state index in [0.29, 0.717) is 12.3 Å². The number of carbonyl (C=O) groups excluding carboxylic acids is 2. The van der Waals surface area contributed by atoms with Gasteiger partial charge >= 0.3 is 0 Å². The van der Waals surface area contributed by atoms with Crippen molar-refractivity contribution in [2.45, 2.75) is 58.1 Å². The van der Waals surface area contributed by atoms with Crippen LogP contribution < -0.4 is 14.7 Å². The average Bonchev–Trinajstić information content (AvgIpc) is 3.41. The molecule has 0 aromatic heterocycles. The van der Waals surface area contributed by atoms with Crippen molar-refractivity contribution < 1.29 is 19.2 Å². The monoisotopic (exact) mass is 498 g/mol. The van der Waals surface area contributed by atoms with E-state index < -0.39 is 18.1 Å². The first-order chi connectivity index (χ1) is 17.8. The molecule has 2 saturated heterocycles. The Bertz CT molecular complexity index is 1250. The van der Waals surface area contributed by atoms with Crippen molar-refractivity contribution in [3.63, 3.8) is 0 Å². The van der Waals surface area contributed by atoms with Gasteiger partial charge in [0.2, 0.25) is 5.91 Å². The Labute approximate surface area is 218 Å². The highest BCUT2D eigenvalue weighted by atomic mass is 16.7. The number of anilines is 2. The normalized spacial score (nSPS) is 21.5. The standard InChI is InChI=1S/C31H34N2O4/c1-5-6-20-36-25-18-16-23(17-19-25)32-29(34)26-27(21-12-14-22(15-13-21)31(2,3)4)33(37-28(26)30(32)35)24-10-8-7-9-11-24/h7-19,26-28H,5-6,20H2,1-4H3/t26-,27+,28-/m1/s1. The van der Waals surface area contributed by atoms with E-state index in [0.717, 1.165) is 29.8 Å². The maximum atomic E-state index is 13.8. The maximum absolute atomic E-state index is 13.8. The molecule has 2 amide bonds. The second-order valence-corrected chi connectivity index (χ2v) is 10.7. The van der Waals surface area contributed by atoms with Crippen LogP contribution in [0.4, 0.5) is 11.4 Å². The molecule has 0 saturated carbocycles. The molecule has 6 heteroatoms. The molecular weight excluding hydrogens is 464 g/mol. The molecule has 2 aliphatic rings. The molecule has 192 valence electrons. The van der Waals surface area contributed by atoms with Crippen molar-refractivity contribution in [3.8, 4) is 5.75 Å². The Morgan fingerprint density at radius 1 is 0.838 bits per heavy atom. The number of nitrogens with zero attached hydrogens (tertiary/aromatic N) is 2. The summed E-state index contributed by atoms with van der Waals surface area (Å²) in [5.41, 5.74) is 3.49. The summed E-state index contributed by atoms with van der Waals surface area (Å²) in [6, 6.07) is 24.7. The van der Waals surface area contributed by atoms with Crippen LogP contribution in [0.3, 0.4) is 0 Å². The quantitative estimate of drug-likeness (QED) is 0.286. The molecule has 37 heavy (non-hydrogen) atoms. The Morgan fingerprint density at radius 3 is 2.14 bits per heavy atom. The van der Waals surface area contributed by atoms with Crippen molar-refractivity contribution in [2.24, 2.45) is 5.92 Å². The summed E-state index contributed by atoms with van der Waals surface area (Å²) in [5.74, 6) is -0.532. The smallest absolute Gasteiger partial charge is 0.266 e. The molecule has 0 radical (unpaired) electrons. The highest BCUT2D eigenvalue weighted by molar-refractivity contribution is 6.23. The van der Waals surface area contributed by atoms with Crippen LogP contribution in [0, 0.1) is 5.92 Å². The number of unbranched alkanes of at least 4 members (excludes halogenated alkanes) is 1. The lowest BCUT2D eigenvalue weighted by molar-refractivity contribution is -0.126. The summed E-state index contributed by atoms with van der Waals surface area (Å²) >= 11 is 0.